The molecule has 122 valence electrons. The van der Waals surface area contributed by atoms with E-state index in [9.17, 15) is 12.8 Å². The van der Waals surface area contributed by atoms with Gasteiger partial charge >= 0.3 is 0 Å². The molecule has 23 heavy (non-hydrogen) atoms. The highest BCUT2D eigenvalue weighted by Gasteiger charge is 2.06. The van der Waals surface area contributed by atoms with Gasteiger partial charge in [-0.3, -0.25) is 4.18 Å². The van der Waals surface area contributed by atoms with Gasteiger partial charge in [0, 0.05) is 0 Å². The summed E-state index contributed by atoms with van der Waals surface area (Å²) in [6.45, 7) is 4.03. The highest BCUT2D eigenvalue weighted by atomic mass is 32.2. The SMILES string of the molecule is C=C(COS(C)(=O)=O)c1cccc(COc2ccc(F)cc2)c1. The predicted molar refractivity (Wildman–Crippen MR) is 87.0 cm³/mol. The predicted octanol–water partition coefficient (Wildman–Crippen LogP) is 3.39. The van der Waals surface area contributed by atoms with E-state index in [4.69, 9.17) is 8.92 Å². The Morgan fingerprint density at radius 1 is 1.17 bits per heavy atom. The number of hydrogen-bond donors (Lipinski definition) is 0. The fourth-order valence-electron chi connectivity index (χ4n) is 1.84. The van der Waals surface area contributed by atoms with Gasteiger partial charge in [0.25, 0.3) is 10.1 Å². The standard InChI is InChI=1S/C17H17FO4S/c1-13(11-22-23(2,19)20)15-5-3-4-14(10-15)12-21-17-8-6-16(18)7-9-17/h3-10H,1,11-12H2,2H3. The Morgan fingerprint density at radius 3 is 2.52 bits per heavy atom. The summed E-state index contributed by atoms with van der Waals surface area (Å²) in [5.41, 5.74) is 2.21. The van der Waals surface area contributed by atoms with Gasteiger partial charge in [0.2, 0.25) is 0 Å². The molecule has 0 N–H and O–H groups in total. The van der Waals surface area contributed by atoms with Crippen LogP contribution >= 0.6 is 0 Å². The zero-order valence-corrected chi connectivity index (χ0v) is 13.5. The summed E-state index contributed by atoms with van der Waals surface area (Å²) in [5.74, 6) is 0.248. The first-order valence-corrected chi connectivity index (χ1v) is 8.65. The van der Waals surface area contributed by atoms with Crippen LogP contribution in [0.4, 0.5) is 4.39 Å². The van der Waals surface area contributed by atoms with E-state index >= 15 is 0 Å². The van der Waals surface area contributed by atoms with Crippen molar-refractivity contribution in [3.63, 3.8) is 0 Å². The molecule has 0 saturated heterocycles. The summed E-state index contributed by atoms with van der Waals surface area (Å²) in [6, 6.07) is 13.1. The molecule has 0 aliphatic carbocycles. The maximum atomic E-state index is 12.8. The highest BCUT2D eigenvalue weighted by molar-refractivity contribution is 7.86. The van der Waals surface area contributed by atoms with Gasteiger partial charge in [-0.15, -0.1) is 0 Å². The molecule has 2 aromatic rings. The Hall–Kier alpha value is -2.18. The average Bonchev–Trinajstić information content (AvgIpc) is 2.51. The molecule has 0 aromatic heterocycles. The molecule has 0 spiro atoms. The fraction of sp³-hybridized carbons (Fsp3) is 0.176. The van der Waals surface area contributed by atoms with Crippen molar-refractivity contribution in [3.8, 4) is 5.75 Å². The van der Waals surface area contributed by atoms with E-state index in [1.165, 1.54) is 12.1 Å². The van der Waals surface area contributed by atoms with Crippen LogP contribution in [-0.4, -0.2) is 21.3 Å². The van der Waals surface area contributed by atoms with Crippen molar-refractivity contribution >= 4 is 15.7 Å². The molecule has 0 fully saturated rings. The molecule has 0 atom stereocenters. The zero-order chi connectivity index (χ0) is 16.9. The second-order valence-corrected chi connectivity index (χ2v) is 6.66. The molecule has 0 radical (unpaired) electrons. The van der Waals surface area contributed by atoms with Gasteiger partial charge in [0.1, 0.15) is 18.2 Å². The third-order valence-corrected chi connectivity index (χ3v) is 3.55. The van der Waals surface area contributed by atoms with Gasteiger partial charge in [0.05, 0.1) is 12.9 Å². The monoisotopic (exact) mass is 336 g/mol. The molecule has 4 nitrogen and oxygen atoms in total. The molecule has 0 unspecified atom stereocenters. The van der Waals surface area contributed by atoms with E-state index in [-0.39, 0.29) is 12.4 Å². The van der Waals surface area contributed by atoms with E-state index in [1.54, 1.807) is 12.1 Å². The van der Waals surface area contributed by atoms with Crippen LogP contribution in [0.3, 0.4) is 0 Å². The van der Waals surface area contributed by atoms with Crippen LogP contribution in [0.15, 0.2) is 55.1 Å². The maximum Gasteiger partial charge on any atom is 0.264 e. The van der Waals surface area contributed by atoms with Crippen LogP contribution in [0.1, 0.15) is 11.1 Å². The van der Waals surface area contributed by atoms with Crippen molar-refractivity contribution in [1.82, 2.24) is 0 Å². The summed E-state index contributed by atoms with van der Waals surface area (Å²) >= 11 is 0. The summed E-state index contributed by atoms with van der Waals surface area (Å²) in [4.78, 5) is 0. The van der Waals surface area contributed by atoms with E-state index in [1.807, 2.05) is 24.3 Å². The molecule has 6 heteroatoms. The first kappa shape index (κ1) is 17.2. The minimum Gasteiger partial charge on any atom is -0.489 e. The van der Waals surface area contributed by atoms with Gasteiger partial charge in [-0.05, 0) is 47.0 Å². The summed E-state index contributed by atoms with van der Waals surface area (Å²) < 4.78 is 45.1. The van der Waals surface area contributed by atoms with Crippen LogP contribution in [-0.2, 0) is 20.9 Å². The smallest absolute Gasteiger partial charge is 0.264 e. The first-order valence-electron chi connectivity index (χ1n) is 6.83. The number of halogens is 1. The number of ether oxygens (including phenoxy) is 1. The van der Waals surface area contributed by atoms with E-state index < -0.39 is 10.1 Å². The molecule has 0 saturated carbocycles. The first-order chi connectivity index (χ1) is 10.8. The molecular weight excluding hydrogens is 319 g/mol. The number of benzene rings is 2. The van der Waals surface area contributed by atoms with E-state index in [0.29, 0.717) is 17.9 Å². The second kappa shape index (κ2) is 7.39. The van der Waals surface area contributed by atoms with Crippen molar-refractivity contribution in [3.05, 3.63) is 72.1 Å². The van der Waals surface area contributed by atoms with Crippen molar-refractivity contribution in [1.29, 1.82) is 0 Å². The maximum absolute atomic E-state index is 12.8. The van der Waals surface area contributed by atoms with Crippen molar-refractivity contribution < 1.29 is 21.7 Å². The summed E-state index contributed by atoms with van der Waals surface area (Å²) in [5, 5.41) is 0. The second-order valence-electron chi connectivity index (χ2n) is 5.01. The largest absolute Gasteiger partial charge is 0.489 e. The lowest BCUT2D eigenvalue weighted by Gasteiger charge is -2.10. The van der Waals surface area contributed by atoms with E-state index in [2.05, 4.69) is 6.58 Å². The van der Waals surface area contributed by atoms with Crippen LogP contribution in [0.25, 0.3) is 5.57 Å². The molecule has 2 rings (SSSR count). The lowest BCUT2D eigenvalue weighted by atomic mass is 10.1. The minimum atomic E-state index is -3.50. The van der Waals surface area contributed by atoms with Gasteiger partial charge in [-0.1, -0.05) is 24.8 Å². The Balaban J connectivity index is 1.99. The Morgan fingerprint density at radius 2 is 1.87 bits per heavy atom. The van der Waals surface area contributed by atoms with Gasteiger partial charge < -0.3 is 4.74 Å². The summed E-state index contributed by atoms with van der Waals surface area (Å²) in [6.07, 6.45) is 0.993. The van der Waals surface area contributed by atoms with Crippen molar-refractivity contribution in [2.45, 2.75) is 6.61 Å². The quantitative estimate of drug-likeness (QED) is 0.727. The Labute approximate surface area is 135 Å². The zero-order valence-electron chi connectivity index (χ0n) is 12.7. The molecule has 0 bridgehead atoms. The molecule has 0 heterocycles. The molecule has 0 amide bonds. The number of hydrogen-bond acceptors (Lipinski definition) is 4. The van der Waals surface area contributed by atoms with Crippen LogP contribution in [0.5, 0.6) is 5.75 Å². The molecule has 0 aliphatic rings. The Kier molecular flexibility index (Phi) is 5.52. The summed E-state index contributed by atoms with van der Waals surface area (Å²) in [7, 11) is -3.50. The fourth-order valence-corrected chi connectivity index (χ4v) is 2.20. The lowest BCUT2D eigenvalue weighted by Crippen LogP contribution is -2.05. The highest BCUT2D eigenvalue weighted by Crippen LogP contribution is 2.18. The molecule has 0 aliphatic heterocycles. The van der Waals surface area contributed by atoms with Gasteiger partial charge in [-0.2, -0.15) is 8.42 Å². The van der Waals surface area contributed by atoms with Crippen LogP contribution in [0, 0.1) is 5.82 Å². The van der Waals surface area contributed by atoms with Crippen LogP contribution < -0.4 is 4.74 Å². The third-order valence-electron chi connectivity index (χ3n) is 3.00. The molecular formula is C17H17FO4S. The number of rotatable bonds is 7. The van der Waals surface area contributed by atoms with Crippen molar-refractivity contribution in [2.75, 3.05) is 12.9 Å². The van der Waals surface area contributed by atoms with Gasteiger partial charge in [0.15, 0.2) is 0 Å². The average molecular weight is 336 g/mol. The topological polar surface area (TPSA) is 52.6 Å². The van der Waals surface area contributed by atoms with Crippen molar-refractivity contribution in [2.24, 2.45) is 0 Å². The lowest BCUT2D eigenvalue weighted by molar-refractivity contribution is 0.305. The normalized spacial score (nSPS) is 11.2. The Bertz CT molecular complexity index is 782. The van der Waals surface area contributed by atoms with Gasteiger partial charge in [-0.25, -0.2) is 4.39 Å². The minimum absolute atomic E-state index is 0.0961. The third kappa shape index (κ3) is 5.84. The van der Waals surface area contributed by atoms with Crippen LogP contribution in [0.2, 0.25) is 0 Å². The van der Waals surface area contributed by atoms with E-state index in [0.717, 1.165) is 17.4 Å². The molecule has 2 aromatic carbocycles.